The number of anilines is 1. The molecule has 4 rings (SSSR count). The SMILES string of the molecule is CCCNC(=O)c1cccc(NC(=O)C2(c3ccc4c(c3)OCCO4)CCCC2)c1. The molecule has 6 heteroatoms. The average molecular weight is 408 g/mol. The van der Waals surface area contributed by atoms with Gasteiger partial charge in [-0.2, -0.15) is 0 Å². The Morgan fingerprint density at radius 1 is 1.00 bits per heavy atom. The predicted molar refractivity (Wildman–Crippen MR) is 115 cm³/mol. The Kier molecular flexibility index (Phi) is 5.93. The van der Waals surface area contributed by atoms with Crippen LogP contribution in [0.5, 0.6) is 11.5 Å². The van der Waals surface area contributed by atoms with Crippen LogP contribution in [0.1, 0.15) is 54.9 Å². The number of fused-ring (bicyclic) bond motifs is 1. The molecule has 1 saturated carbocycles. The molecule has 1 heterocycles. The minimum absolute atomic E-state index is 0.0391. The van der Waals surface area contributed by atoms with Gasteiger partial charge in [-0.25, -0.2) is 0 Å². The molecule has 158 valence electrons. The molecule has 1 fully saturated rings. The highest BCUT2D eigenvalue weighted by atomic mass is 16.6. The van der Waals surface area contributed by atoms with Crippen molar-refractivity contribution in [2.75, 3.05) is 25.1 Å². The Balaban J connectivity index is 1.57. The van der Waals surface area contributed by atoms with E-state index in [4.69, 9.17) is 9.47 Å². The average Bonchev–Trinajstić information content (AvgIpc) is 3.28. The van der Waals surface area contributed by atoms with Gasteiger partial charge in [-0.3, -0.25) is 9.59 Å². The maximum Gasteiger partial charge on any atom is 0.251 e. The van der Waals surface area contributed by atoms with E-state index in [1.165, 1.54) is 0 Å². The van der Waals surface area contributed by atoms with Crippen LogP contribution in [0, 0.1) is 0 Å². The lowest BCUT2D eigenvalue weighted by molar-refractivity contribution is -0.121. The van der Waals surface area contributed by atoms with Gasteiger partial charge in [0.25, 0.3) is 5.91 Å². The standard InChI is InChI=1S/C24H28N2O4/c1-2-12-25-22(27)17-6-5-7-19(15-17)26-23(28)24(10-3-4-11-24)18-8-9-20-21(16-18)30-14-13-29-20/h5-9,15-16H,2-4,10-14H2,1H3,(H,25,27)(H,26,28). The predicted octanol–water partition coefficient (Wildman–Crippen LogP) is 4.05. The van der Waals surface area contributed by atoms with Gasteiger partial charge in [0.05, 0.1) is 5.41 Å². The molecule has 0 spiro atoms. The molecule has 0 radical (unpaired) electrons. The summed E-state index contributed by atoms with van der Waals surface area (Å²) in [6.07, 6.45) is 4.45. The third-order valence-electron chi connectivity index (χ3n) is 5.90. The first kappa shape index (κ1) is 20.3. The Morgan fingerprint density at radius 3 is 2.53 bits per heavy atom. The van der Waals surface area contributed by atoms with Gasteiger partial charge >= 0.3 is 0 Å². The summed E-state index contributed by atoms with van der Waals surface area (Å²) in [6.45, 7) is 3.70. The van der Waals surface area contributed by atoms with Crippen molar-refractivity contribution in [3.8, 4) is 11.5 Å². The Hall–Kier alpha value is -3.02. The van der Waals surface area contributed by atoms with E-state index in [1.807, 2.05) is 31.2 Å². The molecular weight excluding hydrogens is 380 g/mol. The summed E-state index contributed by atoms with van der Waals surface area (Å²) in [7, 11) is 0. The van der Waals surface area contributed by atoms with Crippen molar-refractivity contribution in [2.24, 2.45) is 0 Å². The highest BCUT2D eigenvalue weighted by molar-refractivity contribution is 6.01. The van der Waals surface area contributed by atoms with Crippen molar-refractivity contribution in [2.45, 2.75) is 44.4 Å². The van der Waals surface area contributed by atoms with E-state index >= 15 is 0 Å². The quantitative estimate of drug-likeness (QED) is 0.756. The minimum atomic E-state index is -0.601. The molecule has 0 saturated heterocycles. The van der Waals surface area contributed by atoms with E-state index in [2.05, 4.69) is 10.6 Å². The van der Waals surface area contributed by atoms with E-state index in [1.54, 1.807) is 18.2 Å². The van der Waals surface area contributed by atoms with E-state index in [0.717, 1.165) is 43.4 Å². The third kappa shape index (κ3) is 3.99. The number of amides is 2. The Morgan fingerprint density at radius 2 is 1.77 bits per heavy atom. The van der Waals surface area contributed by atoms with Gasteiger partial charge < -0.3 is 20.1 Å². The van der Waals surface area contributed by atoms with Crippen molar-refractivity contribution in [3.63, 3.8) is 0 Å². The van der Waals surface area contributed by atoms with Gasteiger partial charge in [-0.05, 0) is 55.2 Å². The van der Waals surface area contributed by atoms with E-state index in [0.29, 0.717) is 36.8 Å². The van der Waals surface area contributed by atoms with Crippen LogP contribution in [-0.2, 0) is 10.2 Å². The molecule has 0 bridgehead atoms. The van der Waals surface area contributed by atoms with Crippen LogP contribution in [0.4, 0.5) is 5.69 Å². The van der Waals surface area contributed by atoms with Crippen LogP contribution in [0.25, 0.3) is 0 Å². The lowest BCUT2D eigenvalue weighted by Crippen LogP contribution is -2.38. The molecule has 2 amide bonds. The van der Waals surface area contributed by atoms with Crippen LogP contribution < -0.4 is 20.1 Å². The van der Waals surface area contributed by atoms with Gasteiger partial charge in [0.1, 0.15) is 13.2 Å². The zero-order valence-electron chi connectivity index (χ0n) is 17.3. The molecule has 0 unspecified atom stereocenters. The Bertz CT molecular complexity index is 935. The normalized spacial score (nSPS) is 16.7. The van der Waals surface area contributed by atoms with Gasteiger partial charge in [-0.1, -0.05) is 31.9 Å². The molecule has 2 aliphatic rings. The van der Waals surface area contributed by atoms with Gasteiger partial charge in [-0.15, -0.1) is 0 Å². The first-order valence-corrected chi connectivity index (χ1v) is 10.7. The van der Waals surface area contributed by atoms with Gasteiger partial charge in [0.2, 0.25) is 5.91 Å². The van der Waals surface area contributed by atoms with Crippen LogP contribution >= 0.6 is 0 Å². The molecular formula is C24H28N2O4. The summed E-state index contributed by atoms with van der Waals surface area (Å²) in [4.78, 5) is 25.7. The van der Waals surface area contributed by atoms with Crippen LogP contribution in [-0.4, -0.2) is 31.6 Å². The van der Waals surface area contributed by atoms with Crippen LogP contribution in [0.3, 0.4) is 0 Å². The number of ether oxygens (including phenoxy) is 2. The largest absolute Gasteiger partial charge is 0.486 e. The first-order chi connectivity index (χ1) is 14.6. The molecule has 6 nitrogen and oxygen atoms in total. The number of rotatable bonds is 6. The van der Waals surface area contributed by atoms with Crippen molar-refractivity contribution < 1.29 is 19.1 Å². The molecule has 1 aliphatic heterocycles. The lowest BCUT2D eigenvalue weighted by atomic mass is 9.77. The number of hydrogen-bond acceptors (Lipinski definition) is 4. The summed E-state index contributed by atoms with van der Waals surface area (Å²) in [6, 6.07) is 12.9. The third-order valence-corrected chi connectivity index (χ3v) is 5.90. The summed E-state index contributed by atoms with van der Waals surface area (Å²) in [5.41, 5.74) is 1.53. The Labute approximate surface area is 177 Å². The van der Waals surface area contributed by atoms with Gasteiger partial charge in [0.15, 0.2) is 11.5 Å². The van der Waals surface area contributed by atoms with Crippen molar-refractivity contribution in [1.82, 2.24) is 5.32 Å². The second-order valence-corrected chi connectivity index (χ2v) is 7.94. The highest BCUT2D eigenvalue weighted by Gasteiger charge is 2.43. The summed E-state index contributed by atoms with van der Waals surface area (Å²) in [5, 5.41) is 5.93. The maximum absolute atomic E-state index is 13.5. The van der Waals surface area contributed by atoms with Crippen LogP contribution in [0.2, 0.25) is 0 Å². The summed E-state index contributed by atoms with van der Waals surface area (Å²) < 4.78 is 11.4. The fourth-order valence-corrected chi connectivity index (χ4v) is 4.30. The van der Waals surface area contributed by atoms with E-state index in [9.17, 15) is 9.59 Å². The molecule has 0 aromatic heterocycles. The minimum Gasteiger partial charge on any atom is -0.486 e. The topological polar surface area (TPSA) is 76.7 Å². The smallest absolute Gasteiger partial charge is 0.251 e. The molecule has 2 aromatic carbocycles. The monoisotopic (exact) mass is 408 g/mol. The summed E-state index contributed by atoms with van der Waals surface area (Å²) in [5.74, 6) is 1.26. The van der Waals surface area contributed by atoms with E-state index < -0.39 is 5.41 Å². The molecule has 1 aliphatic carbocycles. The fraction of sp³-hybridized carbons (Fsp3) is 0.417. The maximum atomic E-state index is 13.5. The first-order valence-electron chi connectivity index (χ1n) is 10.7. The molecule has 30 heavy (non-hydrogen) atoms. The number of benzene rings is 2. The summed E-state index contributed by atoms with van der Waals surface area (Å²) >= 11 is 0. The highest BCUT2D eigenvalue weighted by Crippen LogP contribution is 2.45. The second kappa shape index (κ2) is 8.78. The number of carbonyl (C=O) groups is 2. The zero-order valence-corrected chi connectivity index (χ0v) is 17.3. The molecule has 2 N–H and O–H groups in total. The van der Waals surface area contributed by atoms with Gasteiger partial charge in [0, 0.05) is 17.8 Å². The van der Waals surface area contributed by atoms with Crippen molar-refractivity contribution in [3.05, 3.63) is 53.6 Å². The van der Waals surface area contributed by atoms with Crippen LogP contribution in [0.15, 0.2) is 42.5 Å². The number of hydrogen-bond donors (Lipinski definition) is 2. The number of nitrogens with one attached hydrogen (secondary N) is 2. The van der Waals surface area contributed by atoms with Crippen molar-refractivity contribution >= 4 is 17.5 Å². The molecule has 2 aromatic rings. The lowest BCUT2D eigenvalue weighted by Gasteiger charge is -2.30. The van der Waals surface area contributed by atoms with Crippen molar-refractivity contribution in [1.29, 1.82) is 0 Å². The molecule has 0 atom stereocenters. The zero-order chi connectivity index (χ0) is 21.0. The fourth-order valence-electron chi connectivity index (χ4n) is 4.30. The number of carbonyl (C=O) groups excluding carboxylic acids is 2. The second-order valence-electron chi connectivity index (χ2n) is 7.94. The van der Waals surface area contributed by atoms with E-state index in [-0.39, 0.29) is 11.8 Å².